The van der Waals surface area contributed by atoms with Crippen molar-refractivity contribution in [3.63, 3.8) is 0 Å². The lowest BCUT2D eigenvalue weighted by atomic mass is 9.87. The van der Waals surface area contributed by atoms with Crippen molar-refractivity contribution in [2.24, 2.45) is 5.41 Å². The van der Waals surface area contributed by atoms with Crippen molar-refractivity contribution in [1.29, 1.82) is 0 Å². The summed E-state index contributed by atoms with van der Waals surface area (Å²) < 4.78 is 19.0. The number of rotatable bonds is 2. The number of aromatic nitrogens is 3. The first-order chi connectivity index (χ1) is 11.7. The summed E-state index contributed by atoms with van der Waals surface area (Å²) in [7, 11) is 0. The molecular formula is C17H20FN5O. The van der Waals surface area contributed by atoms with Crippen LogP contribution in [-0.4, -0.2) is 54.3 Å². The molecule has 7 heteroatoms. The molecule has 0 amide bonds. The average Bonchev–Trinajstić information content (AvgIpc) is 2.91. The summed E-state index contributed by atoms with van der Waals surface area (Å²) in [5, 5.41) is 0. The summed E-state index contributed by atoms with van der Waals surface area (Å²) in [5.41, 5.74) is 0.0196. The third-order valence-electron chi connectivity index (χ3n) is 4.74. The van der Waals surface area contributed by atoms with Gasteiger partial charge in [0.15, 0.2) is 5.82 Å². The van der Waals surface area contributed by atoms with E-state index in [1.165, 1.54) is 12.4 Å². The van der Waals surface area contributed by atoms with E-state index in [2.05, 4.69) is 24.8 Å². The normalized spacial score (nSPS) is 24.4. The lowest BCUT2D eigenvalue weighted by Gasteiger charge is -2.31. The van der Waals surface area contributed by atoms with E-state index in [1.807, 2.05) is 24.4 Å². The smallest absolute Gasteiger partial charge is 0.225 e. The third kappa shape index (κ3) is 3.03. The van der Waals surface area contributed by atoms with Crippen LogP contribution in [0, 0.1) is 11.2 Å². The van der Waals surface area contributed by atoms with Gasteiger partial charge in [-0.3, -0.25) is 0 Å². The van der Waals surface area contributed by atoms with Gasteiger partial charge in [0.25, 0.3) is 0 Å². The van der Waals surface area contributed by atoms with Gasteiger partial charge in [0.1, 0.15) is 5.82 Å². The zero-order valence-corrected chi connectivity index (χ0v) is 13.4. The zero-order chi connectivity index (χ0) is 16.4. The largest absolute Gasteiger partial charge is 0.379 e. The van der Waals surface area contributed by atoms with Gasteiger partial charge in [-0.2, -0.15) is 0 Å². The Hall–Kier alpha value is -2.28. The molecule has 4 heterocycles. The van der Waals surface area contributed by atoms with Crippen molar-refractivity contribution in [3.8, 4) is 0 Å². The number of anilines is 2. The number of nitrogens with zero attached hydrogens (tertiary/aromatic N) is 5. The van der Waals surface area contributed by atoms with Crippen LogP contribution in [0.1, 0.15) is 6.42 Å². The summed E-state index contributed by atoms with van der Waals surface area (Å²) in [6, 6.07) is 5.98. The molecular weight excluding hydrogens is 309 g/mol. The van der Waals surface area contributed by atoms with Crippen molar-refractivity contribution < 1.29 is 9.13 Å². The monoisotopic (exact) mass is 329 g/mol. The minimum absolute atomic E-state index is 0.0196. The van der Waals surface area contributed by atoms with Crippen LogP contribution in [0.25, 0.3) is 0 Å². The van der Waals surface area contributed by atoms with Crippen LogP contribution in [0.4, 0.5) is 16.2 Å². The fraction of sp³-hybridized carbons (Fsp3) is 0.471. The molecule has 4 rings (SSSR count). The highest BCUT2D eigenvalue weighted by molar-refractivity contribution is 5.41. The quantitative estimate of drug-likeness (QED) is 0.837. The molecule has 0 aliphatic carbocycles. The molecule has 0 N–H and O–H groups in total. The van der Waals surface area contributed by atoms with Gasteiger partial charge in [-0.05, 0) is 18.6 Å². The molecule has 0 bridgehead atoms. The summed E-state index contributed by atoms with van der Waals surface area (Å²) in [6.45, 7) is 4.72. The van der Waals surface area contributed by atoms with Crippen LogP contribution in [-0.2, 0) is 4.74 Å². The first-order valence-electron chi connectivity index (χ1n) is 8.20. The summed E-state index contributed by atoms with van der Waals surface area (Å²) in [6.07, 6.45) is 5.29. The molecule has 6 nitrogen and oxygen atoms in total. The molecule has 0 aromatic carbocycles. The maximum absolute atomic E-state index is 13.1. The second-order valence-corrected chi connectivity index (χ2v) is 6.53. The van der Waals surface area contributed by atoms with E-state index in [-0.39, 0.29) is 5.41 Å². The SMILES string of the molecule is Fc1cnc(N2CCOC[C@@]3(CCN(c4ccccn4)C3)C2)nc1. The van der Waals surface area contributed by atoms with Crippen LogP contribution in [0.3, 0.4) is 0 Å². The molecule has 1 spiro atoms. The van der Waals surface area contributed by atoms with Gasteiger partial charge in [0.2, 0.25) is 5.95 Å². The zero-order valence-electron chi connectivity index (χ0n) is 13.4. The van der Waals surface area contributed by atoms with E-state index in [4.69, 9.17) is 4.74 Å². The Morgan fingerprint density at radius 1 is 1.04 bits per heavy atom. The Labute approximate surface area is 140 Å². The second-order valence-electron chi connectivity index (χ2n) is 6.53. The van der Waals surface area contributed by atoms with Gasteiger partial charge in [-0.15, -0.1) is 0 Å². The minimum Gasteiger partial charge on any atom is -0.379 e. The van der Waals surface area contributed by atoms with E-state index in [0.717, 1.165) is 38.4 Å². The van der Waals surface area contributed by atoms with Crippen LogP contribution >= 0.6 is 0 Å². The van der Waals surface area contributed by atoms with Crippen LogP contribution in [0.5, 0.6) is 0 Å². The van der Waals surface area contributed by atoms with Crippen LogP contribution < -0.4 is 9.80 Å². The molecule has 2 aromatic rings. The maximum atomic E-state index is 13.1. The third-order valence-corrected chi connectivity index (χ3v) is 4.74. The minimum atomic E-state index is -0.415. The highest BCUT2D eigenvalue weighted by atomic mass is 19.1. The Morgan fingerprint density at radius 3 is 2.67 bits per heavy atom. The second kappa shape index (κ2) is 6.32. The Balaban J connectivity index is 1.53. The Kier molecular flexibility index (Phi) is 4.02. The molecule has 1 atom stereocenters. The molecule has 2 saturated heterocycles. The average molecular weight is 329 g/mol. The predicted octanol–water partition coefficient (Wildman–Crippen LogP) is 1.74. The molecule has 2 aliphatic rings. The highest BCUT2D eigenvalue weighted by Gasteiger charge is 2.42. The molecule has 2 aliphatic heterocycles. The van der Waals surface area contributed by atoms with Crippen molar-refractivity contribution >= 4 is 11.8 Å². The number of ether oxygens (including phenoxy) is 1. The first kappa shape index (κ1) is 15.3. The fourth-order valence-electron chi connectivity index (χ4n) is 3.55. The van der Waals surface area contributed by atoms with Gasteiger partial charge in [-0.1, -0.05) is 6.07 Å². The van der Waals surface area contributed by atoms with E-state index < -0.39 is 5.82 Å². The summed E-state index contributed by atoms with van der Waals surface area (Å²) >= 11 is 0. The maximum Gasteiger partial charge on any atom is 0.225 e. The molecule has 0 unspecified atom stereocenters. The van der Waals surface area contributed by atoms with Gasteiger partial charge in [0.05, 0.1) is 25.6 Å². The Bertz CT molecular complexity index is 683. The Morgan fingerprint density at radius 2 is 1.88 bits per heavy atom. The van der Waals surface area contributed by atoms with Crippen molar-refractivity contribution in [2.45, 2.75) is 6.42 Å². The molecule has 2 fully saturated rings. The van der Waals surface area contributed by atoms with Gasteiger partial charge >= 0.3 is 0 Å². The van der Waals surface area contributed by atoms with Crippen molar-refractivity contribution in [2.75, 3.05) is 49.2 Å². The van der Waals surface area contributed by atoms with Gasteiger partial charge < -0.3 is 14.5 Å². The first-order valence-corrected chi connectivity index (χ1v) is 8.20. The number of halogens is 1. The van der Waals surface area contributed by atoms with Gasteiger partial charge in [0, 0.05) is 37.8 Å². The summed E-state index contributed by atoms with van der Waals surface area (Å²) in [5.74, 6) is 1.16. The van der Waals surface area contributed by atoms with Crippen molar-refractivity contribution in [3.05, 3.63) is 42.6 Å². The molecule has 0 radical (unpaired) electrons. The van der Waals surface area contributed by atoms with Gasteiger partial charge in [-0.25, -0.2) is 19.3 Å². The van der Waals surface area contributed by atoms with Crippen LogP contribution in [0.15, 0.2) is 36.8 Å². The number of pyridine rings is 1. The molecule has 126 valence electrons. The van der Waals surface area contributed by atoms with E-state index >= 15 is 0 Å². The molecule has 24 heavy (non-hydrogen) atoms. The van der Waals surface area contributed by atoms with Crippen LogP contribution in [0.2, 0.25) is 0 Å². The van der Waals surface area contributed by atoms with E-state index in [9.17, 15) is 4.39 Å². The van der Waals surface area contributed by atoms with Crippen molar-refractivity contribution in [1.82, 2.24) is 15.0 Å². The predicted molar refractivity (Wildman–Crippen MR) is 88.5 cm³/mol. The summed E-state index contributed by atoms with van der Waals surface area (Å²) in [4.78, 5) is 17.1. The highest BCUT2D eigenvalue weighted by Crippen LogP contribution is 2.35. The standard InChI is InChI=1S/C17H20FN5O/c18-14-9-20-16(21-10-14)23-7-8-24-13-17(12-23)4-6-22(11-17)15-3-1-2-5-19-15/h1-3,5,9-10H,4,6-8,11-13H2/t17-/m1/s1. The fourth-order valence-corrected chi connectivity index (χ4v) is 3.55. The van der Waals surface area contributed by atoms with E-state index in [0.29, 0.717) is 19.2 Å². The number of hydrogen-bond donors (Lipinski definition) is 0. The lowest BCUT2D eigenvalue weighted by Crippen LogP contribution is -2.41. The number of hydrogen-bond acceptors (Lipinski definition) is 6. The topological polar surface area (TPSA) is 54.4 Å². The molecule has 2 aromatic heterocycles. The van der Waals surface area contributed by atoms with E-state index in [1.54, 1.807) is 0 Å². The lowest BCUT2D eigenvalue weighted by molar-refractivity contribution is 0.0812. The molecule has 0 saturated carbocycles.